The van der Waals surface area contributed by atoms with Gasteiger partial charge in [0.05, 0.1) is 5.75 Å². The van der Waals surface area contributed by atoms with E-state index >= 15 is 0 Å². The van der Waals surface area contributed by atoms with Gasteiger partial charge in [-0.3, -0.25) is 9.59 Å². The number of amides is 2. The van der Waals surface area contributed by atoms with Crippen molar-refractivity contribution in [1.29, 1.82) is 0 Å². The topological polar surface area (TPSA) is 78.0 Å². The summed E-state index contributed by atoms with van der Waals surface area (Å²) >= 11 is 0. The Morgan fingerprint density at radius 2 is 1.70 bits per heavy atom. The van der Waals surface area contributed by atoms with E-state index in [1.165, 1.54) is 22.5 Å². The van der Waals surface area contributed by atoms with Gasteiger partial charge in [0.1, 0.15) is 5.82 Å². The number of carbonyl (C=O) groups is 2. The van der Waals surface area contributed by atoms with Crippen LogP contribution in [0, 0.1) is 11.7 Å². The maximum Gasteiger partial charge on any atom is 0.225 e. The fourth-order valence-corrected chi connectivity index (χ4v) is 5.17. The smallest absolute Gasteiger partial charge is 0.225 e. The lowest BCUT2D eigenvalue weighted by atomic mass is 9.96. The maximum atomic E-state index is 13.8. The Morgan fingerprint density at radius 1 is 1.07 bits per heavy atom. The zero-order valence-corrected chi connectivity index (χ0v) is 15.9. The number of piperazine rings is 1. The van der Waals surface area contributed by atoms with E-state index < -0.39 is 15.8 Å². The minimum Gasteiger partial charge on any atom is -0.342 e. The van der Waals surface area contributed by atoms with Crippen molar-refractivity contribution in [2.75, 3.05) is 39.3 Å². The molecule has 0 unspecified atom stereocenters. The second-order valence-electron chi connectivity index (χ2n) is 6.99. The van der Waals surface area contributed by atoms with Crippen LogP contribution in [-0.2, 0) is 25.4 Å². The SMILES string of the molecule is O=CN1CCN(C(=O)C2CCN(S(=O)(=O)Cc3ccccc3F)CC2)CC1. The average Bonchev–Trinajstić information content (AvgIpc) is 2.69. The van der Waals surface area contributed by atoms with E-state index in [1.54, 1.807) is 15.9 Å². The molecule has 0 aromatic heterocycles. The molecular formula is C18H24FN3O4S. The van der Waals surface area contributed by atoms with Crippen LogP contribution in [0.5, 0.6) is 0 Å². The number of benzene rings is 1. The van der Waals surface area contributed by atoms with Crippen molar-refractivity contribution in [3.63, 3.8) is 0 Å². The lowest BCUT2D eigenvalue weighted by Crippen LogP contribution is -2.51. The third kappa shape index (κ3) is 4.65. The maximum absolute atomic E-state index is 13.8. The molecule has 9 heteroatoms. The van der Waals surface area contributed by atoms with Gasteiger partial charge in [-0.1, -0.05) is 18.2 Å². The summed E-state index contributed by atoms with van der Waals surface area (Å²) in [5.74, 6) is -1.06. The Morgan fingerprint density at radius 3 is 2.30 bits per heavy atom. The highest BCUT2D eigenvalue weighted by atomic mass is 32.2. The van der Waals surface area contributed by atoms with Crippen LogP contribution in [0.25, 0.3) is 0 Å². The number of piperidine rings is 1. The minimum atomic E-state index is -3.62. The van der Waals surface area contributed by atoms with Gasteiger partial charge in [0.25, 0.3) is 0 Å². The number of hydrogen-bond acceptors (Lipinski definition) is 4. The molecule has 2 fully saturated rings. The highest BCUT2D eigenvalue weighted by Crippen LogP contribution is 2.24. The van der Waals surface area contributed by atoms with Gasteiger partial charge in [-0.05, 0) is 18.9 Å². The third-order valence-corrected chi connectivity index (χ3v) is 7.10. The number of sulfonamides is 1. The molecule has 27 heavy (non-hydrogen) atoms. The van der Waals surface area contributed by atoms with Crippen LogP contribution in [0.4, 0.5) is 4.39 Å². The molecule has 0 N–H and O–H groups in total. The van der Waals surface area contributed by atoms with Gasteiger partial charge in [-0.25, -0.2) is 17.1 Å². The number of hydrogen-bond donors (Lipinski definition) is 0. The minimum absolute atomic E-state index is 0.0340. The first-order chi connectivity index (χ1) is 12.9. The second-order valence-corrected chi connectivity index (χ2v) is 8.96. The summed E-state index contributed by atoms with van der Waals surface area (Å²) in [5.41, 5.74) is 0.156. The molecule has 2 saturated heterocycles. The standard InChI is InChI=1S/C18H24FN3O4S/c19-17-4-2-1-3-16(17)13-27(25,26)22-7-5-15(6-8-22)18(24)21-11-9-20(14-23)10-12-21/h1-4,14-15H,5-13H2. The van der Waals surface area contributed by atoms with E-state index in [1.807, 2.05) is 0 Å². The lowest BCUT2D eigenvalue weighted by Gasteiger charge is -2.37. The van der Waals surface area contributed by atoms with Crippen molar-refractivity contribution >= 4 is 22.3 Å². The molecule has 0 atom stereocenters. The molecule has 0 saturated carbocycles. The van der Waals surface area contributed by atoms with Crippen LogP contribution < -0.4 is 0 Å². The molecule has 2 heterocycles. The first kappa shape index (κ1) is 19.8. The van der Waals surface area contributed by atoms with Crippen LogP contribution in [0.2, 0.25) is 0 Å². The summed E-state index contributed by atoms with van der Waals surface area (Å²) in [6, 6.07) is 5.86. The molecule has 2 amide bonds. The quantitative estimate of drug-likeness (QED) is 0.684. The first-order valence-electron chi connectivity index (χ1n) is 9.10. The molecule has 0 radical (unpaired) electrons. The Balaban J connectivity index is 1.54. The molecule has 2 aliphatic rings. The predicted octanol–water partition coefficient (Wildman–Crippen LogP) is 0.668. The van der Waals surface area contributed by atoms with E-state index in [9.17, 15) is 22.4 Å². The van der Waals surface area contributed by atoms with Crippen molar-refractivity contribution in [2.45, 2.75) is 18.6 Å². The predicted molar refractivity (Wildman–Crippen MR) is 97.5 cm³/mol. The number of carbonyl (C=O) groups excluding carboxylic acids is 2. The summed E-state index contributed by atoms with van der Waals surface area (Å²) in [6.07, 6.45) is 1.72. The fraction of sp³-hybridized carbons (Fsp3) is 0.556. The van der Waals surface area contributed by atoms with Gasteiger partial charge >= 0.3 is 0 Å². The molecule has 7 nitrogen and oxygen atoms in total. The molecule has 0 spiro atoms. The van der Waals surface area contributed by atoms with Gasteiger partial charge in [-0.15, -0.1) is 0 Å². The lowest BCUT2D eigenvalue weighted by molar-refractivity contribution is -0.140. The number of nitrogens with zero attached hydrogens (tertiary/aromatic N) is 3. The monoisotopic (exact) mass is 397 g/mol. The largest absolute Gasteiger partial charge is 0.342 e. The Labute approximate surface area is 158 Å². The number of halogens is 1. The van der Waals surface area contributed by atoms with Crippen LogP contribution in [0.1, 0.15) is 18.4 Å². The molecule has 148 valence electrons. The molecular weight excluding hydrogens is 373 g/mol. The van der Waals surface area contributed by atoms with Crippen LogP contribution in [0.15, 0.2) is 24.3 Å². The summed E-state index contributed by atoms with van der Waals surface area (Å²) in [6.45, 7) is 2.63. The van der Waals surface area contributed by atoms with Crippen LogP contribution in [-0.4, -0.2) is 74.1 Å². The van der Waals surface area contributed by atoms with Crippen LogP contribution in [0.3, 0.4) is 0 Å². The highest BCUT2D eigenvalue weighted by Gasteiger charge is 2.34. The van der Waals surface area contributed by atoms with Crippen molar-refractivity contribution in [2.24, 2.45) is 5.92 Å². The van der Waals surface area contributed by atoms with Crippen LogP contribution >= 0.6 is 0 Å². The molecule has 1 aromatic rings. The van der Waals surface area contributed by atoms with Gasteiger partial charge < -0.3 is 9.80 Å². The summed E-state index contributed by atoms with van der Waals surface area (Å²) in [4.78, 5) is 26.8. The number of rotatable bonds is 5. The van der Waals surface area contributed by atoms with Gasteiger partial charge in [0.15, 0.2) is 0 Å². The molecule has 0 aliphatic carbocycles. The summed E-state index contributed by atoms with van der Waals surface area (Å²) in [5, 5.41) is 0. The van der Waals surface area contributed by atoms with Crippen molar-refractivity contribution in [1.82, 2.24) is 14.1 Å². The van der Waals surface area contributed by atoms with E-state index in [-0.39, 0.29) is 36.2 Å². The zero-order valence-electron chi connectivity index (χ0n) is 15.1. The second kappa shape index (κ2) is 8.35. The normalized spacial score (nSPS) is 19.9. The Bertz CT molecular complexity index is 786. The van der Waals surface area contributed by atoms with E-state index in [0.29, 0.717) is 39.0 Å². The molecule has 1 aromatic carbocycles. The van der Waals surface area contributed by atoms with Gasteiger partial charge in [0, 0.05) is 50.7 Å². The summed E-state index contributed by atoms with van der Waals surface area (Å²) in [7, 11) is -3.62. The van der Waals surface area contributed by atoms with Crippen molar-refractivity contribution in [3.8, 4) is 0 Å². The van der Waals surface area contributed by atoms with E-state index in [2.05, 4.69) is 0 Å². The van der Waals surface area contributed by atoms with Gasteiger partial charge in [0.2, 0.25) is 22.3 Å². The summed E-state index contributed by atoms with van der Waals surface area (Å²) < 4.78 is 40.3. The fourth-order valence-electron chi connectivity index (χ4n) is 3.59. The van der Waals surface area contributed by atoms with Gasteiger partial charge in [-0.2, -0.15) is 0 Å². The van der Waals surface area contributed by atoms with E-state index in [0.717, 1.165) is 6.41 Å². The third-order valence-electron chi connectivity index (χ3n) is 5.27. The molecule has 2 aliphatic heterocycles. The molecule has 3 rings (SSSR count). The highest BCUT2D eigenvalue weighted by molar-refractivity contribution is 7.88. The zero-order chi connectivity index (χ0) is 19.4. The van der Waals surface area contributed by atoms with Crippen molar-refractivity contribution in [3.05, 3.63) is 35.6 Å². The average molecular weight is 397 g/mol. The molecule has 0 bridgehead atoms. The first-order valence-corrected chi connectivity index (χ1v) is 10.7. The Kier molecular flexibility index (Phi) is 6.11. The van der Waals surface area contributed by atoms with Crippen molar-refractivity contribution < 1.29 is 22.4 Å². The van der Waals surface area contributed by atoms with E-state index in [4.69, 9.17) is 0 Å². The Hall–Kier alpha value is -2.00.